The van der Waals surface area contributed by atoms with Crippen molar-refractivity contribution in [1.82, 2.24) is 0 Å². The molecule has 0 aliphatic carbocycles. The van der Waals surface area contributed by atoms with E-state index in [1.165, 1.54) is 0 Å². The van der Waals surface area contributed by atoms with Gasteiger partial charge in [-0.3, -0.25) is 0 Å². The second-order valence-electron chi connectivity index (χ2n) is 2.83. The number of esters is 2. The number of alkyl halides is 2. The highest BCUT2D eigenvalue weighted by Crippen LogP contribution is 1.92. The van der Waals surface area contributed by atoms with Crippen molar-refractivity contribution in [3.63, 3.8) is 0 Å². The van der Waals surface area contributed by atoms with E-state index in [-0.39, 0.29) is 11.9 Å². The third kappa shape index (κ3) is 17.6. The summed E-state index contributed by atoms with van der Waals surface area (Å²) in [5.41, 5.74) is 0. The molecule has 6 heteroatoms. The minimum absolute atomic E-state index is 0.366. The molecule has 18 heavy (non-hydrogen) atoms. The average molecular weight is 342 g/mol. The summed E-state index contributed by atoms with van der Waals surface area (Å²) >= 11 is 8.49. The quantitative estimate of drug-likeness (QED) is 0.295. The van der Waals surface area contributed by atoms with Gasteiger partial charge in [-0.25, -0.2) is 9.59 Å². The van der Waals surface area contributed by atoms with Crippen molar-refractivity contribution in [2.75, 3.05) is 24.4 Å². The molecule has 0 radical (unpaired) electrons. The monoisotopic (exact) mass is 340 g/mol. The number of rotatable bonds is 8. The van der Waals surface area contributed by atoms with Crippen molar-refractivity contribution < 1.29 is 19.1 Å². The topological polar surface area (TPSA) is 52.6 Å². The first kappa shape index (κ1) is 19.5. The van der Waals surface area contributed by atoms with Gasteiger partial charge >= 0.3 is 11.9 Å². The van der Waals surface area contributed by atoms with Gasteiger partial charge in [0.05, 0.1) is 6.61 Å². The summed E-state index contributed by atoms with van der Waals surface area (Å²) in [6, 6.07) is 0. The largest absolute Gasteiger partial charge is 0.463 e. The summed E-state index contributed by atoms with van der Waals surface area (Å²) < 4.78 is 9.21. The van der Waals surface area contributed by atoms with Crippen LogP contribution >= 0.6 is 27.5 Å². The first-order chi connectivity index (χ1) is 8.62. The Kier molecular flexibility index (Phi) is 17.6. The molecule has 0 fully saturated rings. The van der Waals surface area contributed by atoms with E-state index in [9.17, 15) is 9.59 Å². The van der Waals surface area contributed by atoms with Crippen LogP contribution in [0.3, 0.4) is 0 Å². The predicted octanol–water partition coefficient (Wildman–Crippen LogP) is 2.85. The molecule has 0 amide bonds. The lowest BCUT2D eigenvalue weighted by molar-refractivity contribution is -0.138. The molecule has 0 atom stereocenters. The highest BCUT2D eigenvalue weighted by Gasteiger charge is 1.93. The zero-order valence-electron chi connectivity index (χ0n) is 10.2. The molecule has 0 saturated heterocycles. The highest BCUT2D eigenvalue weighted by atomic mass is 79.9. The maximum absolute atomic E-state index is 10.4. The van der Waals surface area contributed by atoms with Crippen molar-refractivity contribution in [3.8, 4) is 0 Å². The Labute approximate surface area is 121 Å². The molecule has 0 heterocycles. The number of carbonyl (C=O) groups is 2. The van der Waals surface area contributed by atoms with E-state index in [1.54, 1.807) is 0 Å². The molecular weight excluding hydrogens is 323 g/mol. The molecule has 0 aliphatic heterocycles. The number of ether oxygens (including phenoxy) is 2. The van der Waals surface area contributed by atoms with Gasteiger partial charge in [0.25, 0.3) is 0 Å². The lowest BCUT2D eigenvalue weighted by atomic mass is 10.4. The summed E-state index contributed by atoms with van der Waals surface area (Å²) in [6.45, 7) is 7.33. The van der Waals surface area contributed by atoms with E-state index in [2.05, 4.69) is 38.6 Å². The van der Waals surface area contributed by atoms with Crippen molar-refractivity contribution in [2.24, 2.45) is 0 Å². The molecule has 0 N–H and O–H groups in total. The first-order valence-electron chi connectivity index (χ1n) is 5.32. The van der Waals surface area contributed by atoms with Crippen LogP contribution in [0.15, 0.2) is 25.3 Å². The van der Waals surface area contributed by atoms with Crippen molar-refractivity contribution >= 4 is 39.5 Å². The van der Waals surface area contributed by atoms with Crippen LogP contribution in [-0.4, -0.2) is 36.4 Å². The number of unbranched alkanes of at least 4 members (excludes halogenated alkanes) is 1. The smallest absolute Gasteiger partial charge is 0.330 e. The zero-order chi connectivity index (χ0) is 14.2. The second kappa shape index (κ2) is 16.2. The lowest BCUT2D eigenvalue weighted by Gasteiger charge is -1.98. The van der Waals surface area contributed by atoms with Gasteiger partial charge in [-0.1, -0.05) is 29.1 Å². The maximum Gasteiger partial charge on any atom is 0.330 e. The van der Waals surface area contributed by atoms with Crippen LogP contribution in [0.25, 0.3) is 0 Å². The van der Waals surface area contributed by atoms with Crippen LogP contribution in [0.4, 0.5) is 0 Å². The van der Waals surface area contributed by atoms with Gasteiger partial charge in [-0.15, -0.1) is 11.6 Å². The van der Waals surface area contributed by atoms with Crippen LogP contribution in [-0.2, 0) is 19.1 Å². The van der Waals surface area contributed by atoms with E-state index in [0.29, 0.717) is 24.4 Å². The predicted molar refractivity (Wildman–Crippen MR) is 76.1 cm³/mol. The number of hydrogen-bond acceptors (Lipinski definition) is 4. The normalized spacial score (nSPS) is 8.56. The Balaban J connectivity index is 0. The summed E-state index contributed by atoms with van der Waals surface area (Å²) in [7, 11) is 0. The molecule has 104 valence electrons. The Bertz CT molecular complexity index is 256. The van der Waals surface area contributed by atoms with Crippen LogP contribution < -0.4 is 0 Å². The van der Waals surface area contributed by atoms with E-state index < -0.39 is 0 Å². The lowest BCUT2D eigenvalue weighted by Crippen LogP contribution is -2.01. The fourth-order valence-electron chi connectivity index (χ4n) is 0.626. The zero-order valence-corrected chi connectivity index (χ0v) is 12.5. The van der Waals surface area contributed by atoms with Crippen LogP contribution in [0.1, 0.15) is 12.8 Å². The van der Waals surface area contributed by atoms with Crippen LogP contribution in [0.2, 0.25) is 0 Å². The Morgan fingerprint density at radius 2 is 1.56 bits per heavy atom. The maximum atomic E-state index is 10.4. The van der Waals surface area contributed by atoms with Crippen LogP contribution in [0, 0.1) is 0 Å². The number of halogens is 2. The average Bonchev–Trinajstić information content (AvgIpc) is 2.41. The standard InChI is InChI=1S/C7H11ClO2.C5H7BrO2/c1-2-7(9)10-6-4-3-5-8;1-2-5(7)8-4-3-6/h2H,1,3-6H2;2H,1,3-4H2. The summed E-state index contributed by atoms with van der Waals surface area (Å²) in [4.78, 5) is 20.6. The fraction of sp³-hybridized carbons (Fsp3) is 0.500. The first-order valence-corrected chi connectivity index (χ1v) is 6.98. The molecule has 0 aliphatic rings. The third-order valence-corrected chi connectivity index (χ3v) is 2.02. The molecular formula is C12H18BrClO4. The Hall–Kier alpha value is -0.810. The van der Waals surface area contributed by atoms with Crippen molar-refractivity contribution in [1.29, 1.82) is 0 Å². The van der Waals surface area contributed by atoms with Crippen molar-refractivity contribution in [3.05, 3.63) is 25.3 Å². The van der Waals surface area contributed by atoms with Gasteiger partial charge in [0.15, 0.2) is 0 Å². The van der Waals surface area contributed by atoms with Gasteiger partial charge in [-0.2, -0.15) is 0 Å². The second-order valence-corrected chi connectivity index (χ2v) is 4.00. The summed E-state index contributed by atoms with van der Waals surface area (Å²) in [5.74, 6) is -0.120. The number of carbonyl (C=O) groups excluding carboxylic acids is 2. The molecule has 0 aromatic rings. The van der Waals surface area contributed by atoms with Gasteiger partial charge in [0.1, 0.15) is 6.61 Å². The highest BCUT2D eigenvalue weighted by molar-refractivity contribution is 9.09. The molecule has 0 aromatic heterocycles. The Morgan fingerprint density at radius 1 is 1.06 bits per heavy atom. The van der Waals surface area contributed by atoms with E-state index in [1.807, 2.05) is 0 Å². The van der Waals surface area contributed by atoms with Gasteiger partial charge in [0, 0.05) is 23.4 Å². The minimum Gasteiger partial charge on any atom is -0.463 e. The summed E-state index contributed by atoms with van der Waals surface area (Å²) in [5, 5.41) is 0.673. The van der Waals surface area contributed by atoms with Gasteiger partial charge in [-0.05, 0) is 12.8 Å². The minimum atomic E-state index is -0.371. The molecule has 0 aromatic carbocycles. The van der Waals surface area contributed by atoms with Crippen LogP contribution in [0.5, 0.6) is 0 Å². The third-order valence-electron chi connectivity index (χ3n) is 1.43. The number of hydrogen-bond donors (Lipinski definition) is 0. The van der Waals surface area contributed by atoms with Gasteiger partial charge in [0.2, 0.25) is 0 Å². The molecule has 4 nitrogen and oxygen atoms in total. The van der Waals surface area contributed by atoms with E-state index in [0.717, 1.165) is 25.0 Å². The summed E-state index contributed by atoms with van der Waals surface area (Å²) in [6.07, 6.45) is 4.00. The molecule has 0 bridgehead atoms. The SMILES string of the molecule is C=CC(=O)OCCBr.C=CC(=O)OCCCCCl. The fourth-order valence-corrected chi connectivity index (χ4v) is 0.977. The molecule has 0 unspecified atom stereocenters. The van der Waals surface area contributed by atoms with Crippen molar-refractivity contribution in [2.45, 2.75) is 12.8 Å². The molecule has 0 rings (SSSR count). The Morgan fingerprint density at radius 3 is 1.94 bits per heavy atom. The van der Waals surface area contributed by atoms with E-state index in [4.69, 9.17) is 11.6 Å². The van der Waals surface area contributed by atoms with E-state index >= 15 is 0 Å². The molecule has 0 saturated carbocycles. The molecule has 0 spiro atoms. The van der Waals surface area contributed by atoms with Gasteiger partial charge < -0.3 is 9.47 Å².